The van der Waals surface area contributed by atoms with Crippen LogP contribution in [0.4, 0.5) is 11.4 Å². The molecule has 0 radical (unpaired) electrons. The maximum absolute atomic E-state index is 13.0. The Labute approximate surface area is 191 Å². The molecule has 1 fully saturated rings. The van der Waals surface area contributed by atoms with Crippen molar-refractivity contribution >= 4 is 29.2 Å². The molecule has 0 aromatic heterocycles. The first-order valence-electron chi connectivity index (χ1n) is 11.2. The Hall–Kier alpha value is -3.55. The second kappa shape index (κ2) is 8.77. The van der Waals surface area contributed by atoms with E-state index in [1.165, 1.54) is 42.5 Å². The number of non-ortho nitro benzene ring substituents is 1. The van der Waals surface area contributed by atoms with E-state index >= 15 is 0 Å². The van der Waals surface area contributed by atoms with E-state index in [1.54, 1.807) is 0 Å². The van der Waals surface area contributed by atoms with Crippen LogP contribution in [-0.2, 0) is 4.74 Å². The fourth-order valence-electron chi connectivity index (χ4n) is 4.80. The molecule has 1 aliphatic heterocycles. The summed E-state index contributed by atoms with van der Waals surface area (Å²) in [5.74, 6) is -0.588. The second-order valence-electron chi connectivity index (χ2n) is 9.25. The average molecular weight is 450 g/mol. The minimum absolute atomic E-state index is 0.0818. The van der Waals surface area contributed by atoms with Crippen molar-refractivity contribution in [2.24, 2.45) is 17.8 Å². The zero-order valence-corrected chi connectivity index (χ0v) is 18.8. The number of carbonyl (C=O) groups is 3. The molecule has 0 spiro atoms. The Bertz CT molecular complexity index is 1140. The number of hydrogen-bond acceptors (Lipinski definition) is 6. The highest BCUT2D eigenvalue weighted by molar-refractivity contribution is 6.34. The number of benzene rings is 2. The molecule has 2 aromatic rings. The Morgan fingerprint density at radius 2 is 1.82 bits per heavy atom. The van der Waals surface area contributed by atoms with Crippen LogP contribution in [-0.4, -0.2) is 28.8 Å². The largest absolute Gasteiger partial charge is 0.458 e. The number of carbonyl (C=O) groups excluding carboxylic acids is 3. The van der Waals surface area contributed by atoms with Gasteiger partial charge in [0.05, 0.1) is 27.3 Å². The van der Waals surface area contributed by atoms with Gasteiger partial charge in [0.15, 0.2) is 0 Å². The number of nitro benzene ring substituents is 1. The van der Waals surface area contributed by atoms with E-state index in [-0.39, 0.29) is 40.1 Å². The molecule has 8 heteroatoms. The van der Waals surface area contributed by atoms with Gasteiger partial charge in [0.1, 0.15) is 6.10 Å². The number of nitro groups is 1. The number of hydrogen-bond donors (Lipinski definition) is 0. The number of ether oxygens (including phenoxy) is 1. The van der Waals surface area contributed by atoms with E-state index in [0.29, 0.717) is 11.8 Å². The molecular formula is C25H26N2O6. The van der Waals surface area contributed by atoms with E-state index in [4.69, 9.17) is 4.74 Å². The third kappa shape index (κ3) is 4.25. The molecule has 2 amide bonds. The standard InChI is InChI=1S/C25H26N2O6/c1-14(2)19-9-7-15(3)11-22(19)33-25(30)16-8-10-20-21(12-16)24(29)26(23(20)28)17-5-4-6-18(13-17)27(31)32/h4-6,8,10,12-15,19,22H,7,9,11H2,1-3H3. The van der Waals surface area contributed by atoms with Crippen LogP contribution in [0, 0.1) is 27.9 Å². The van der Waals surface area contributed by atoms with Crippen LogP contribution in [0.15, 0.2) is 42.5 Å². The maximum Gasteiger partial charge on any atom is 0.338 e. The van der Waals surface area contributed by atoms with Crippen LogP contribution < -0.4 is 4.90 Å². The van der Waals surface area contributed by atoms with E-state index < -0.39 is 22.7 Å². The summed E-state index contributed by atoms with van der Waals surface area (Å²) in [4.78, 5) is 50.2. The van der Waals surface area contributed by atoms with Crippen molar-refractivity contribution in [2.75, 3.05) is 4.90 Å². The molecule has 8 nitrogen and oxygen atoms in total. The smallest absolute Gasteiger partial charge is 0.338 e. The normalized spacial score (nSPS) is 22.4. The average Bonchev–Trinajstić information content (AvgIpc) is 3.03. The summed E-state index contributed by atoms with van der Waals surface area (Å²) in [5, 5.41) is 11.1. The zero-order chi connectivity index (χ0) is 23.9. The lowest BCUT2D eigenvalue weighted by Crippen LogP contribution is -2.35. The van der Waals surface area contributed by atoms with Gasteiger partial charge in [0.2, 0.25) is 0 Å². The van der Waals surface area contributed by atoms with Crippen molar-refractivity contribution in [3.05, 3.63) is 69.3 Å². The Balaban J connectivity index is 1.58. The van der Waals surface area contributed by atoms with Gasteiger partial charge in [-0.3, -0.25) is 19.7 Å². The van der Waals surface area contributed by atoms with Crippen molar-refractivity contribution in [2.45, 2.75) is 46.1 Å². The van der Waals surface area contributed by atoms with Gasteiger partial charge in [-0.1, -0.05) is 33.3 Å². The molecule has 1 saturated carbocycles. The number of anilines is 1. The molecule has 1 heterocycles. The summed E-state index contributed by atoms with van der Waals surface area (Å²) in [6, 6.07) is 9.63. The summed E-state index contributed by atoms with van der Waals surface area (Å²) in [5.41, 5.74) is 0.314. The predicted octanol–water partition coefficient (Wildman–Crippen LogP) is 5.01. The summed E-state index contributed by atoms with van der Waals surface area (Å²) in [6.45, 7) is 6.41. The molecule has 1 aliphatic carbocycles. The van der Waals surface area contributed by atoms with Gasteiger partial charge >= 0.3 is 5.97 Å². The minimum Gasteiger partial charge on any atom is -0.458 e. The topological polar surface area (TPSA) is 107 Å². The van der Waals surface area contributed by atoms with Crippen LogP contribution in [0.1, 0.15) is 71.1 Å². The van der Waals surface area contributed by atoms with Gasteiger partial charge in [-0.2, -0.15) is 0 Å². The van der Waals surface area contributed by atoms with Crippen LogP contribution in [0.2, 0.25) is 0 Å². The Kier molecular flexibility index (Phi) is 6.01. The minimum atomic E-state index is -0.628. The summed E-state index contributed by atoms with van der Waals surface area (Å²) in [6.07, 6.45) is 2.73. The van der Waals surface area contributed by atoms with E-state index in [9.17, 15) is 24.5 Å². The maximum atomic E-state index is 13.0. The predicted molar refractivity (Wildman–Crippen MR) is 121 cm³/mol. The molecule has 0 saturated heterocycles. The SMILES string of the molecule is CC1CCC(C(C)C)C(OC(=O)c2ccc3c(c2)C(=O)N(c2cccc([N+](=O)[O-])c2)C3=O)C1. The fourth-order valence-corrected chi connectivity index (χ4v) is 4.80. The molecule has 33 heavy (non-hydrogen) atoms. The number of fused-ring (bicyclic) bond motifs is 1. The van der Waals surface area contributed by atoms with Gasteiger partial charge in [0, 0.05) is 12.1 Å². The number of esters is 1. The summed E-state index contributed by atoms with van der Waals surface area (Å²) in [7, 11) is 0. The highest BCUT2D eigenvalue weighted by Gasteiger charge is 2.38. The summed E-state index contributed by atoms with van der Waals surface area (Å²) >= 11 is 0. The number of rotatable bonds is 5. The zero-order valence-electron chi connectivity index (χ0n) is 18.8. The van der Waals surface area contributed by atoms with Gasteiger partial charge in [-0.15, -0.1) is 0 Å². The van der Waals surface area contributed by atoms with Gasteiger partial charge in [-0.05, 0) is 54.9 Å². The third-order valence-electron chi connectivity index (χ3n) is 6.64. The first kappa shape index (κ1) is 22.6. The fraction of sp³-hybridized carbons (Fsp3) is 0.400. The van der Waals surface area contributed by atoms with Gasteiger partial charge in [0.25, 0.3) is 17.5 Å². The second-order valence-corrected chi connectivity index (χ2v) is 9.25. The van der Waals surface area contributed by atoms with Crippen molar-refractivity contribution in [1.82, 2.24) is 0 Å². The molecule has 3 atom stereocenters. The lowest BCUT2D eigenvalue weighted by atomic mass is 9.75. The molecule has 2 aliphatic rings. The number of amides is 2. The molecule has 172 valence electrons. The number of nitrogens with zero attached hydrogens (tertiary/aromatic N) is 2. The molecular weight excluding hydrogens is 424 g/mol. The lowest BCUT2D eigenvalue weighted by Gasteiger charge is -2.36. The quantitative estimate of drug-likeness (QED) is 0.274. The van der Waals surface area contributed by atoms with Crippen LogP contribution in [0.25, 0.3) is 0 Å². The van der Waals surface area contributed by atoms with Crippen molar-refractivity contribution in [3.63, 3.8) is 0 Å². The van der Waals surface area contributed by atoms with Crippen molar-refractivity contribution in [1.29, 1.82) is 0 Å². The Morgan fingerprint density at radius 1 is 1.09 bits per heavy atom. The molecule has 0 bridgehead atoms. The molecule has 0 N–H and O–H groups in total. The van der Waals surface area contributed by atoms with Crippen molar-refractivity contribution in [3.8, 4) is 0 Å². The molecule has 4 rings (SSSR count). The van der Waals surface area contributed by atoms with E-state index in [0.717, 1.165) is 24.2 Å². The third-order valence-corrected chi connectivity index (χ3v) is 6.64. The van der Waals surface area contributed by atoms with Crippen LogP contribution in [0.3, 0.4) is 0 Å². The van der Waals surface area contributed by atoms with E-state index in [2.05, 4.69) is 20.8 Å². The van der Waals surface area contributed by atoms with Gasteiger partial charge < -0.3 is 4.74 Å². The number of imide groups is 1. The highest BCUT2D eigenvalue weighted by Crippen LogP contribution is 2.36. The van der Waals surface area contributed by atoms with Crippen molar-refractivity contribution < 1.29 is 24.0 Å². The monoisotopic (exact) mass is 450 g/mol. The summed E-state index contributed by atoms with van der Waals surface area (Å²) < 4.78 is 5.87. The first-order chi connectivity index (χ1) is 15.7. The van der Waals surface area contributed by atoms with Crippen LogP contribution >= 0.6 is 0 Å². The van der Waals surface area contributed by atoms with Crippen LogP contribution in [0.5, 0.6) is 0 Å². The van der Waals surface area contributed by atoms with E-state index in [1.807, 2.05) is 0 Å². The molecule has 2 aromatic carbocycles. The first-order valence-corrected chi connectivity index (χ1v) is 11.2. The lowest BCUT2D eigenvalue weighted by molar-refractivity contribution is -0.384. The highest BCUT2D eigenvalue weighted by atomic mass is 16.6. The van der Waals surface area contributed by atoms with Gasteiger partial charge in [-0.25, -0.2) is 9.69 Å². The Morgan fingerprint density at radius 3 is 2.52 bits per heavy atom. The molecule has 3 unspecified atom stereocenters.